The minimum atomic E-state index is -0.0864. The van der Waals surface area contributed by atoms with Gasteiger partial charge in [0.05, 0.1) is 18.5 Å². The summed E-state index contributed by atoms with van der Waals surface area (Å²) in [7, 11) is 1.64. The van der Waals surface area contributed by atoms with Crippen molar-refractivity contribution >= 4 is 11.9 Å². The maximum Gasteiger partial charge on any atom is 0.230 e. The van der Waals surface area contributed by atoms with E-state index in [9.17, 15) is 4.79 Å². The van der Waals surface area contributed by atoms with E-state index in [-0.39, 0.29) is 11.8 Å². The predicted molar refractivity (Wildman–Crippen MR) is 112 cm³/mol. The van der Waals surface area contributed by atoms with Crippen LogP contribution in [0.4, 0.5) is 5.95 Å². The molecule has 1 aromatic heterocycles. The topological polar surface area (TPSA) is 64.1 Å². The van der Waals surface area contributed by atoms with Crippen molar-refractivity contribution in [3.63, 3.8) is 0 Å². The van der Waals surface area contributed by atoms with Gasteiger partial charge in [0, 0.05) is 17.5 Å². The first-order valence-electron chi connectivity index (χ1n) is 9.35. The molecule has 5 nitrogen and oxygen atoms in total. The number of carbonyl (C=O) groups is 1. The lowest BCUT2D eigenvalue weighted by Gasteiger charge is -2.11. The van der Waals surface area contributed by atoms with Crippen molar-refractivity contribution in [1.29, 1.82) is 0 Å². The molecule has 28 heavy (non-hydrogen) atoms. The van der Waals surface area contributed by atoms with Gasteiger partial charge in [-0.3, -0.25) is 10.1 Å². The summed E-state index contributed by atoms with van der Waals surface area (Å²) in [4.78, 5) is 21.4. The number of benzene rings is 2. The highest BCUT2D eigenvalue weighted by Gasteiger charge is 2.12. The number of aryl methyl sites for hydroxylation is 1. The Balaban J connectivity index is 2.02. The van der Waals surface area contributed by atoms with Gasteiger partial charge in [0.15, 0.2) is 0 Å². The van der Waals surface area contributed by atoms with Crippen molar-refractivity contribution in [3.8, 4) is 28.3 Å². The van der Waals surface area contributed by atoms with Crippen molar-refractivity contribution in [2.24, 2.45) is 5.92 Å². The number of nitrogens with zero attached hydrogens (tertiary/aromatic N) is 2. The molecule has 3 rings (SSSR count). The number of methoxy groups -OCH3 is 1. The molecular formula is C23H25N3O2. The Morgan fingerprint density at radius 1 is 0.964 bits per heavy atom. The maximum atomic E-state index is 12.2. The van der Waals surface area contributed by atoms with Gasteiger partial charge in [-0.15, -0.1) is 0 Å². The number of rotatable bonds is 6. The molecule has 144 valence electrons. The summed E-state index contributed by atoms with van der Waals surface area (Å²) >= 11 is 0. The number of nitrogens with one attached hydrogen (secondary N) is 1. The molecule has 0 aliphatic rings. The fraction of sp³-hybridized carbons (Fsp3) is 0.261. The molecule has 0 saturated heterocycles. The number of anilines is 1. The van der Waals surface area contributed by atoms with Gasteiger partial charge in [-0.25, -0.2) is 9.97 Å². The quantitative estimate of drug-likeness (QED) is 0.650. The van der Waals surface area contributed by atoms with E-state index in [1.807, 2.05) is 75.4 Å². The summed E-state index contributed by atoms with van der Waals surface area (Å²) in [6, 6.07) is 17.7. The van der Waals surface area contributed by atoms with Crippen LogP contribution in [0.2, 0.25) is 0 Å². The molecule has 1 amide bonds. The third kappa shape index (κ3) is 4.94. The van der Waals surface area contributed by atoms with Gasteiger partial charge in [0.1, 0.15) is 5.75 Å². The van der Waals surface area contributed by atoms with Crippen molar-refractivity contribution in [3.05, 3.63) is 60.2 Å². The lowest BCUT2D eigenvalue weighted by Crippen LogP contribution is -2.16. The SMILES string of the molecule is COc1ccc(-c2cc(-c3ccc(C)cc3)nc(NC(=O)CC(C)C)n2)cc1. The van der Waals surface area contributed by atoms with E-state index in [1.54, 1.807) is 7.11 Å². The summed E-state index contributed by atoms with van der Waals surface area (Å²) < 4.78 is 5.23. The first kappa shape index (κ1) is 19.5. The van der Waals surface area contributed by atoms with Gasteiger partial charge in [0.25, 0.3) is 0 Å². The second kappa shape index (κ2) is 8.65. The van der Waals surface area contributed by atoms with E-state index < -0.39 is 0 Å². The fourth-order valence-electron chi connectivity index (χ4n) is 2.83. The molecule has 0 aliphatic carbocycles. The lowest BCUT2D eigenvalue weighted by molar-refractivity contribution is -0.116. The Morgan fingerprint density at radius 2 is 1.50 bits per heavy atom. The van der Waals surface area contributed by atoms with Crippen LogP contribution in [0.25, 0.3) is 22.5 Å². The summed E-state index contributed by atoms with van der Waals surface area (Å²) in [5.41, 5.74) is 4.59. The number of ether oxygens (including phenoxy) is 1. The molecule has 1 heterocycles. The van der Waals surface area contributed by atoms with Crippen LogP contribution in [-0.4, -0.2) is 23.0 Å². The number of carbonyl (C=O) groups excluding carboxylic acids is 1. The lowest BCUT2D eigenvalue weighted by atomic mass is 10.1. The van der Waals surface area contributed by atoms with Crippen LogP contribution in [0.1, 0.15) is 25.8 Å². The predicted octanol–water partition coefficient (Wildman–Crippen LogP) is 5.11. The minimum Gasteiger partial charge on any atom is -0.497 e. The third-order valence-electron chi connectivity index (χ3n) is 4.30. The summed E-state index contributed by atoms with van der Waals surface area (Å²) in [6.45, 7) is 6.06. The number of hydrogen-bond donors (Lipinski definition) is 1. The van der Waals surface area contributed by atoms with Crippen molar-refractivity contribution in [2.45, 2.75) is 27.2 Å². The average Bonchev–Trinajstić information content (AvgIpc) is 2.67. The number of amides is 1. The molecule has 0 spiro atoms. The van der Waals surface area contributed by atoms with E-state index in [0.29, 0.717) is 12.4 Å². The van der Waals surface area contributed by atoms with E-state index in [4.69, 9.17) is 4.74 Å². The molecule has 5 heteroatoms. The van der Waals surface area contributed by atoms with Crippen molar-refractivity contribution in [1.82, 2.24) is 9.97 Å². The molecule has 0 radical (unpaired) electrons. The third-order valence-corrected chi connectivity index (χ3v) is 4.30. The molecule has 0 unspecified atom stereocenters. The normalized spacial score (nSPS) is 10.8. The highest BCUT2D eigenvalue weighted by molar-refractivity contribution is 5.89. The van der Waals surface area contributed by atoms with Gasteiger partial charge in [0.2, 0.25) is 11.9 Å². The number of aromatic nitrogens is 2. The van der Waals surface area contributed by atoms with Gasteiger partial charge in [-0.1, -0.05) is 43.7 Å². The van der Waals surface area contributed by atoms with E-state index in [2.05, 4.69) is 15.3 Å². The van der Waals surface area contributed by atoms with Gasteiger partial charge >= 0.3 is 0 Å². The zero-order chi connectivity index (χ0) is 20.1. The van der Waals surface area contributed by atoms with Gasteiger partial charge < -0.3 is 4.74 Å². The molecule has 2 aromatic carbocycles. The molecule has 3 aromatic rings. The highest BCUT2D eigenvalue weighted by Crippen LogP contribution is 2.27. The first-order valence-corrected chi connectivity index (χ1v) is 9.35. The van der Waals surface area contributed by atoms with Crippen LogP contribution in [0.5, 0.6) is 5.75 Å². The van der Waals surface area contributed by atoms with Crippen LogP contribution in [-0.2, 0) is 4.79 Å². The Labute approximate surface area is 165 Å². The number of hydrogen-bond acceptors (Lipinski definition) is 4. The standard InChI is InChI=1S/C23H25N3O2/c1-15(2)13-22(27)26-23-24-20(17-7-5-16(3)6-8-17)14-21(25-23)18-9-11-19(28-4)12-10-18/h5-12,14-15H,13H2,1-4H3,(H,24,25,26,27). The molecule has 0 aliphatic heterocycles. The van der Waals surface area contributed by atoms with Crippen LogP contribution in [0, 0.1) is 12.8 Å². The molecule has 0 atom stereocenters. The zero-order valence-corrected chi connectivity index (χ0v) is 16.7. The molecule has 0 saturated carbocycles. The fourth-order valence-corrected chi connectivity index (χ4v) is 2.83. The second-order valence-corrected chi connectivity index (χ2v) is 7.20. The van der Waals surface area contributed by atoms with E-state index in [1.165, 1.54) is 5.56 Å². The second-order valence-electron chi connectivity index (χ2n) is 7.20. The zero-order valence-electron chi connectivity index (χ0n) is 16.7. The average molecular weight is 375 g/mol. The Morgan fingerprint density at radius 3 is 2.00 bits per heavy atom. The van der Waals surface area contributed by atoms with Gasteiger partial charge in [-0.2, -0.15) is 0 Å². The first-order chi connectivity index (χ1) is 13.4. The van der Waals surface area contributed by atoms with E-state index >= 15 is 0 Å². The Kier molecular flexibility index (Phi) is 6.04. The largest absolute Gasteiger partial charge is 0.497 e. The summed E-state index contributed by atoms with van der Waals surface area (Å²) in [5, 5.41) is 2.84. The van der Waals surface area contributed by atoms with Gasteiger partial charge in [-0.05, 0) is 43.2 Å². The summed E-state index contributed by atoms with van der Waals surface area (Å²) in [5.74, 6) is 1.27. The molecule has 0 bridgehead atoms. The smallest absolute Gasteiger partial charge is 0.230 e. The molecular weight excluding hydrogens is 350 g/mol. The van der Waals surface area contributed by atoms with Crippen LogP contribution in [0.15, 0.2) is 54.6 Å². The van der Waals surface area contributed by atoms with Crippen LogP contribution >= 0.6 is 0 Å². The Hall–Kier alpha value is -3.21. The van der Waals surface area contributed by atoms with Crippen LogP contribution < -0.4 is 10.1 Å². The van der Waals surface area contributed by atoms with Crippen LogP contribution in [0.3, 0.4) is 0 Å². The maximum absolute atomic E-state index is 12.2. The summed E-state index contributed by atoms with van der Waals surface area (Å²) in [6.07, 6.45) is 0.427. The molecule has 0 fully saturated rings. The molecule has 1 N–H and O–H groups in total. The van der Waals surface area contributed by atoms with E-state index in [0.717, 1.165) is 28.3 Å². The monoisotopic (exact) mass is 375 g/mol. The van der Waals surface area contributed by atoms with Crippen molar-refractivity contribution in [2.75, 3.05) is 12.4 Å². The highest BCUT2D eigenvalue weighted by atomic mass is 16.5. The van der Waals surface area contributed by atoms with Crippen molar-refractivity contribution < 1.29 is 9.53 Å². The minimum absolute atomic E-state index is 0.0864. The Bertz CT molecular complexity index is 949.